The number of aromatic nitrogens is 1. The van der Waals surface area contributed by atoms with E-state index in [0.717, 1.165) is 36.0 Å². The minimum absolute atomic E-state index is 0.268. The van der Waals surface area contributed by atoms with E-state index in [4.69, 9.17) is 9.47 Å². The third-order valence-corrected chi connectivity index (χ3v) is 4.42. The zero-order valence-electron chi connectivity index (χ0n) is 12.3. The van der Waals surface area contributed by atoms with Crippen LogP contribution in [-0.4, -0.2) is 43.9 Å². The number of anilines is 1. The molecule has 0 aliphatic carbocycles. The quantitative estimate of drug-likeness (QED) is 0.782. The van der Waals surface area contributed by atoms with Gasteiger partial charge in [-0.2, -0.15) is 0 Å². The SMILES string of the molecule is CCOC(=O)c1nc(N(C)CC2CCCCO2)sc1C. The first kappa shape index (κ1) is 15.3. The van der Waals surface area contributed by atoms with Crippen LogP contribution in [0.25, 0.3) is 0 Å². The number of rotatable bonds is 5. The lowest BCUT2D eigenvalue weighted by Crippen LogP contribution is -2.33. The number of hydrogen-bond acceptors (Lipinski definition) is 6. The Bertz CT molecular complexity index is 455. The fraction of sp³-hybridized carbons (Fsp3) is 0.714. The summed E-state index contributed by atoms with van der Waals surface area (Å²) < 4.78 is 10.8. The summed E-state index contributed by atoms with van der Waals surface area (Å²) in [7, 11) is 1.99. The number of ether oxygens (including phenoxy) is 2. The molecule has 1 atom stereocenters. The van der Waals surface area contributed by atoms with E-state index in [1.165, 1.54) is 17.8 Å². The first-order valence-electron chi connectivity index (χ1n) is 7.09. The second-order valence-electron chi connectivity index (χ2n) is 4.99. The van der Waals surface area contributed by atoms with Crippen molar-refractivity contribution in [1.82, 2.24) is 4.98 Å². The second-order valence-corrected chi connectivity index (χ2v) is 6.17. The molecule has 1 fully saturated rings. The van der Waals surface area contributed by atoms with Crippen molar-refractivity contribution in [1.29, 1.82) is 0 Å². The van der Waals surface area contributed by atoms with Gasteiger partial charge in [-0.3, -0.25) is 0 Å². The van der Waals surface area contributed by atoms with Gasteiger partial charge < -0.3 is 14.4 Å². The molecule has 20 heavy (non-hydrogen) atoms. The van der Waals surface area contributed by atoms with Crippen molar-refractivity contribution in [2.45, 2.75) is 39.2 Å². The largest absolute Gasteiger partial charge is 0.461 e. The van der Waals surface area contributed by atoms with Gasteiger partial charge in [-0.05, 0) is 33.1 Å². The molecule has 0 saturated carbocycles. The van der Waals surface area contributed by atoms with Gasteiger partial charge in [0.1, 0.15) is 0 Å². The molecule has 0 spiro atoms. The monoisotopic (exact) mass is 298 g/mol. The molecule has 1 saturated heterocycles. The highest BCUT2D eigenvalue weighted by Gasteiger charge is 2.21. The first-order valence-corrected chi connectivity index (χ1v) is 7.90. The molecule has 5 nitrogen and oxygen atoms in total. The second kappa shape index (κ2) is 7.04. The smallest absolute Gasteiger partial charge is 0.358 e. The molecule has 0 radical (unpaired) electrons. The number of thiazole rings is 1. The van der Waals surface area contributed by atoms with Gasteiger partial charge in [-0.1, -0.05) is 0 Å². The highest BCUT2D eigenvalue weighted by molar-refractivity contribution is 7.15. The Morgan fingerprint density at radius 3 is 3.00 bits per heavy atom. The molecule has 2 heterocycles. The summed E-state index contributed by atoms with van der Waals surface area (Å²) >= 11 is 1.52. The van der Waals surface area contributed by atoms with Crippen LogP contribution < -0.4 is 4.90 Å². The Morgan fingerprint density at radius 2 is 2.35 bits per heavy atom. The van der Waals surface area contributed by atoms with Gasteiger partial charge >= 0.3 is 5.97 Å². The average molecular weight is 298 g/mol. The molecular weight excluding hydrogens is 276 g/mol. The molecule has 0 aromatic carbocycles. The maximum Gasteiger partial charge on any atom is 0.358 e. The molecule has 1 aromatic heterocycles. The highest BCUT2D eigenvalue weighted by atomic mass is 32.1. The van der Waals surface area contributed by atoms with Gasteiger partial charge in [0.05, 0.1) is 12.7 Å². The highest BCUT2D eigenvalue weighted by Crippen LogP contribution is 2.26. The molecule has 2 rings (SSSR count). The number of nitrogens with zero attached hydrogens (tertiary/aromatic N) is 2. The lowest BCUT2D eigenvalue weighted by Gasteiger charge is -2.27. The number of esters is 1. The zero-order chi connectivity index (χ0) is 14.5. The minimum atomic E-state index is -0.338. The number of aryl methyl sites for hydroxylation is 1. The number of carbonyl (C=O) groups excluding carboxylic acids is 1. The van der Waals surface area contributed by atoms with Crippen molar-refractivity contribution in [3.8, 4) is 0 Å². The third-order valence-electron chi connectivity index (χ3n) is 3.33. The molecule has 0 amide bonds. The van der Waals surface area contributed by atoms with Crippen molar-refractivity contribution in [2.75, 3.05) is 31.7 Å². The Hall–Kier alpha value is -1.14. The van der Waals surface area contributed by atoms with Gasteiger partial charge in [0.15, 0.2) is 10.8 Å². The van der Waals surface area contributed by atoms with Crippen molar-refractivity contribution < 1.29 is 14.3 Å². The van der Waals surface area contributed by atoms with E-state index < -0.39 is 0 Å². The Labute approximate surface area is 123 Å². The summed E-state index contributed by atoms with van der Waals surface area (Å²) in [5.74, 6) is -0.338. The number of hydrogen-bond donors (Lipinski definition) is 0. The van der Waals surface area contributed by atoms with Gasteiger partial charge in [0.25, 0.3) is 0 Å². The molecule has 0 bridgehead atoms. The molecule has 112 valence electrons. The van der Waals surface area contributed by atoms with Crippen molar-refractivity contribution in [3.05, 3.63) is 10.6 Å². The van der Waals surface area contributed by atoms with Crippen LogP contribution in [0.3, 0.4) is 0 Å². The Balaban J connectivity index is 2.00. The molecule has 0 N–H and O–H groups in total. The maximum absolute atomic E-state index is 11.8. The molecular formula is C14H22N2O3S. The zero-order valence-corrected chi connectivity index (χ0v) is 13.2. The lowest BCUT2D eigenvalue weighted by atomic mass is 10.1. The van der Waals surface area contributed by atoms with Crippen LogP contribution in [0.2, 0.25) is 0 Å². The van der Waals surface area contributed by atoms with E-state index in [2.05, 4.69) is 9.88 Å². The minimum Gasteiger partial charge on any atom is -0.461 e. The molecule has 1 aliphatic rings. The van der Waals surface area contributed by atoms with Gasteiger partial charge in [-0.15, -0.1) is 11.3 Å². The number of carbonyl (C=O) groups is 1. The van der Waals surface area contributed by atoms with Gasteiger partial charge in [-0.25, -0.2) is 9.78 Å². The molecule has 1 aromatic rings. The van der Waals surface area contributed by atoms with E-state index >= 15 is 0 Å². The predicted octanol–water partition coefficient (Wildman–Crippen LogP) is 2.63. The molecule has 1 unspecified atom stereocenters. The van der Waals surface area contributed by atoms with Crippen LogP contribution in [0.15, 0.2) is 0 Å². The summed E-state index contributed by atoms with van der Waals surface area (Å²) in [6, 6.07) is 0. The summed E-state index contributed by atoms with van der Waals surface area (Å²) in [6.45, 7) is 5.74. The standard InChI is InChI=1S/C14H22N2O3S/c1-4-18-13(17)12-10(2)20-14(15-12)16(3)9-11-7-5-6-8-19-11/h11H,4-9H2,1-3H3. The summed E-state index contributed by atoms with van der Waals surface area (Å²) in [4.78, 5) is 19.1. The van der Waals surface area contributed by atoms with E-state index in [1.807, 2.05) is 14.0 Å². The van der Waals surface area contributed by atoms with Crippen LogP contribution in [0.5, 0.6) is 0 Å². The van der Waals surface area contributed by atoms with E-state index in [-0.39, 0.29) is 12.1 Å². The van der Waals surface area contributed by atoms with Crippen molar-refractivity contribution in [2.24, 2.45) is 0 Å². The summed E-state index contributed by atoms with van der Waals surface area (Å²) in [5, 5.41) is 0.847. The third kappa shape index (κ3) is 3.70. The normalized spacial score (nSPS) is 18.9. The first-order chi connectivity index (χ1) is 9.61. The van der Waals surface area contributed by atoms with E-state index in [1.54, 1.807) is 6.92 Å². The Morgan fingerprint density at radius 1 is 1.55 bits per heavy atom. The van der Waals surface area contributed by atoms with Crippen LogP contribution in [0.1, 0.15) is 41.6 Å². The summed E-state index contributed by atoms with van der Waals surface area (Å²) in [5.41, 5.74) is 0.434. The summed E-state index contributed by atoms with van der Waals surface area (Å²) in [6.07, 6.45) is 3.75. The fourth-order valence-electron chi connectivity index (χ4n) is 2.27. The predicted molar refractivity (Wildman–Crippen MR) is 79.7 cm³/mol. The maximum atomic E-state index is 11.8. The van der Waals surface area contributed by atoms with Crippen LogP contribution in [-0.2, 0) is 9.47 Å². The number of likely N-dealkylation sites (N-methyl/N-ethyl adjacent to an activating group) is 1. The van der Waals surface area contributed by atoms with E-state index in [0.29, 0.717) is 12.3 Å². The van der Waals surface area contributed by atoms with Crippen molar-refractivity contribution >= 4 is 22.4 Å². The topological polar surface area (TPSA) is 51.7 Å². The van der Waals surface area contributed by atoms with Crippen LogP contribution >= 0.6 is 11.3 Å². The Kier molecular flexibility index (Phi) is 5.37. The van der Waals surface area contributed by atoms with Crippen LogP contribution in [0, 0.1) is 6.92 Å². The van der Waals surface area contributed by atoms with Crippen molar-refractivity contribution in [3.63, 3.8) is 0 Å². The average Bonchev–Trinajstić information content (AvgIpc) is 2.82. The fourth-order valence-corrected chi connectivity index (χ4v) is 3.14. The van der Waals surface area contributed by atoms with E-state index in [9.17, 15) is 4.79 Å². The lowest BCUT2D eigenvalue weighted by molar-refractivity contribution is 0.0216. The van der Waals surface area contributed by atoms with Crippen LogP contribution in [0.4, 0.5) is 5.13 Å². The molecule has 6 heteroatoms. The molecule has 1 aliphatic heterocycles. The van der Waals surface area contributed by atoms with Gasteiger partial charge in [0, 0.05) is 25.1 Å². The van der Waals surface area contributed by atoms with Gasteiger partial charge in [0.2, 0.25) is 0 Å².